The summed E-state index contributed by atoms with van der Waals surface area (Å²) < 4.78 is 2.84. The van der Waals surface area contributed by atoms with Gasteiger partial charge in [0.2, 0.25) is 0 Å². The van der Waals surface area contributed by atoms with Crippen LogP contribution >= 0.6 is 0 Å². The monoisotopic (exact) mass is 608 g/mol. The van der Waals surface area contributed by atoms with E-state index in [1.54, 1.807) is 12.1 Å². The molecule has 0 bridgehead atoms. The number of fused-ring (bicyclic) bond motifs is 1. The second-order valence-corrected chi connectivity index (χ2v) is 20.1. The van der Waals surface area contributed by atoms with Crippen LogP contribution in [0.3, 0.4) is 0 Å². The molecule has 4 nitrogen and oxygen atoms in total. The Hall–Kier alpha value is -4.37. The lowest BCUT2D eigenvalue weighted by molar-refractivity contribution is 0.0650. The van der Waals surface area contributed by atoms with Crippen LogP contribution in [0.2, 0.25) is 12.1 Å². The van der Waals surface area contributed by atoms with Crippen LogP contribution in [0.1, 0.15) is 27.1 Å². The van der Waals surface area contributed by atoms with Gasteiger partial charge in [0.25, 0.3) is 11.8 Å². The molecule has 1 fully saturated rings. The topological polar surface area (TPSA) is 40.6 Å². The number of amides is 2. The lowest BCUT2D eigenvalue weighted by atomic mass is 10.1. The molecule has 2 amide bonds. The molecule has 0 spiro atoms. The first-order valence-corrected chi connectivity index (χ1v) is 20.1. The maximum absolute atomic E-state index is 13.2. The van der Waals surface area contributed by atoms with Gasteiger partial charge in [0.1, 0.15) is 8.07 Å². The van der Waals surface area contributed by atoms with Crippen LogP contribution in [0.4, 0.5) is 0 Å². The molecule has 5 aromatic carbocycles. The van der Waals surface area contributed by atoms with Gasteiger partial charge < -0.3 is 4.57 Å². The summed E-state index contributed by atoms with van der Waals surface area (Å²) in [5, 5.41) is 5.80. The SMILES string of the molecule is O=C1c2ccccc2C(=O)N1CCCN1C[Si](c2ccccc2)(c2ccccc2)CC[Si]1(c1ccccc1)c1ccccc1. The highest BCUT2D eigenvalue weighted by Crippen LogP contribution is 2.32. The van der Waals surface area contributed by atoms with Crippen molar-refractivity contribution in [3.8, 4) is 0 Å². The highest BCUT2D eigenvalue weighted by atomic mass is 28.3. The summed E-state index contributed by atoms with van der Waals surface area (Å²) in [6, 6.07) is 54.1. The van der Waals surface area contributed by atoms with E-state index in [1.807, 2.05) is 12.1 Å². The quantitative estimate of drug-likeness (QED) is 0.192. The molecule has 44 heavy (non-hydrogen) atoms. The Labute approximate surface area is 261 Å². The maximum Gasteiger partial charge on any atom is 0.261 e. The van der Waals surface area contributed by atoms with E-state index in [0.29, 0.717) is 17.7 Å². The number of hydrogen-bond acceptors (Lipinski definition) is 3. The van der Waals surface area contributed by atoms with E-state index in [4.69, 9.17) is 0 Å². The highest BCUT2D eigenvalue weighted by Gasteiger charge is 2.53. The molecule has 0 N–H and O–H groups in total. The standard InChI is InChI=1S/C38H36N2O2Si2/c41-37-35-24-13-14-25-36(35)38(42)40(37)27-15-26-39-30-43(31-16-5-1-6-17-31,32-18-7-2-8-19-32)28-29-44(39,33-20-9-3-10-21-33)34-22-11-4-12-23-34/h1-14,16-25H,15,26-30H2. The van der Waals surface area contributed by atoms with Gasteiger partial charge in [0.05, 0.1) is 11.1 Å². The van der Waals surface area contributed by atoms with E-state index in [0.717, 1.165) is 25.2 Å². The fourth-order valence-corrected chi connectivity index (χ4v) is 20.6. The van der Waals surface area contributed by atoms with Gasteiger partial charge in [-0.05, 0) is 53.7 Å². The second kappa shape index (κ2) is 12.0. The van der Waals surface area contributed by atoms with Crippen LogP contribution in [0.25, 0.3) is 0 Å². The van der Waals surface area contributed by atoms with E-state index < -0.39 is 16.3 Å². The predicted molar refractivity (Wildman–Crippen MR) is 183 cm³/mol. The van der Waals surface area contributed by atoms with Gasteiger partial charge in [-0.1, -0.05) is 144 Å². The number of benzene rings is 5. The van der Waals surface area contributed by atoms with E-state index in [2.05, 4.69) is 126 Å². The average molecular weight is 609 g/mol. The van der Waals surface area contributed by atoms with Crippen molar-refractivity contribution in [2.45, 2.75) is 18.5 Å². The fourth-order valence-electron chi connectivity index (χ4n) is 7.62. The summed E-state index contributed by atoms with van der Waals surface area (Å²) in [6.07, 6.45) is 1.73. The van der Waals surface area contributed by atoms with E-state index in [-0.39, 0.29) is 11.8 Å². The number of rotatable bonds is 8. The molecule has 0 saturated carbocycles. The summed E-state index contributed by atoms with van der Waals surface area (Å²) in [7, 11) is -4.61. The molecular formula is C38H36N2O2Si2. The summed E-state index contributed by atoms with van der Waals surface area (Å²) in [4.78, 5) is 27.9. The smallest absolute Gasteiger partial charge is 0.261 e. The summed E-state index contributed by atoms with van der Waals surface area (Å²) in [5.74, 6) is -0.340. The van der Waals surface area contributed by atoms with Gasteiger partial charge in [0, 0.05) is 6.54 Å². The van der Waals surface area contributed by atoms with Crippen molar-refractivity contribution in [1.29, 1.82) is 0 Å². The first-order chi connectivity index (χ1) is 21.6. The van der Waals surface area contributed by atoms with Crippen molar-refractivity contribution in [3.05, 3.63) is 157 Å². The summed E-state index contributed by atoms with van der Waals surface area (Å²) in [6.45, 7) is 1.24. The Morgan fingerprint density at radius 1 is 0.477 bits per heavy atom. The maximum atomic E-state index is 13.2. The van der Waals surface area contributed by atoms with Crippen molar-refractivity contribution >= 4 is 48.9 Å². The molecule has 2 aliphatic rings. The Morgan fingerprint density at radius 2 is 0.886 bits per heavy atom. The lowest BCUT2D eigenvalue weighted by Crippen LogP contribution is -2.80. The van der Waals surface area contributed by atoms with Crippen molar-refractivity contribution in [1.82, 2.24) is 9.47 Å². The molecule has 2 aliphatic heterocycles. The van der Waals surface area contributed by atoms with Gasteiger partial charge in [-0.25, -0.2) is 0 Å². The van der Waals surface area contributed by atoms with E-state index >= 15 is 0 Å². The van der Waals surface area contributed by atoms with Gasteiger partial charge in [-0.3, -0.25) is 14.5 Å². The molecule has 0 radical (unpaired) electrons. The van der Waals surface area contributed by atoms with E-state index in [1.165, 1.54) is 31.7 Å². The van der Waals surface area contributed by atoms with Crippen molar-refractivity contribution < 1.29 is 9.59 Å². The molecule has 7 rings (SSSR count). The number of carbonyl (C=O) groups excluding carboxylic acids is 2. The minimum absolute atomic E-state index is 0.170. The van der Waals surface area contributed by atoms with Crippen LogP contribution in [0.15, 0.2) is 146 Å². The molecule has 0 atom stereocenters. The molecule has 6 heteroatoms. The average Bonchev–Trinajstić information content (AvgIpc) is 3.34. The van der Waals surface area contributed by atoms with Gasteiger partial charge in [0.15, 0.2) is 8.24 Å². The summed E-state index contributed by atoms with van der Waals surface area (Å²) >= 11 is 0. The van der Waals surface area contributed by atoms with Crippen molar-refractivity contribution in [2.75, 3.05) is 19.3 Å². The zero-order chi connectivity index (χ0) is 30.0. The van der Waals surface area contributed by atoms with Gasteiger partial charge in [-0.15, -0.1) is 0 Å². The largest absolute Gasteiger partial charge is 0.318 e. The van der Waals surface area contributed by atoms with Crippen LogP contribution in [-0.2, 0) is 0 Å². The number of hydrogen-bond donors (Lipinski definition) is 0. The van der Waals surface area contributed by atoms with Crippen molar-refractivity contribution in [3.63, 3.8) is 0 Å². The third kappa shape index (κ3) is 4.79. The van der Waals surface area contributed by atoms with Gasteiger partial charge >= 0.3 is 0 Å². The molecule has 5 aromatic rings. The molecule has 218 valence electrons. The van der Waals surface area contributed by atoms with Crippen LogP contribution in [0, 0.1) is 0 Å². The third-order valence-electron chi connectivity index (χ3n) is 9.76. The van der Waals surface area contributed by atoms with Gasteiger partial charge in [-0.2, -0.15) is 0 Å². The zero-order valence-electron chi connectivity index (χ0n) is 24.8. The van der Waals surface area contributed by atoms with E-state index in [9.17, 15) is 9.59 Å². The number of nitrogens with zero attached hydrogens (tertiary/aromatic N) is 2. The molecule has 0 aromatic heterocycles. The molecule has 2 heterocycles. The number of imide groups is 1. The lowest BCUT2D eigenvalue weighted by Gasteiger charge is -2.53. The molecule has 0 unspecified atom stereocenters. The normalized spacial score (nSPS) is 17.4. The van der Waals surface area contributed by atoms with Crippen LogP contribution < -0.4 is 20.7 Å². The third-order valence-corrected chi connectivity index (χ3v) is 20.5. The van der Waals surface area contributed by atoms with Crippen molar-refractivity contribution in [2.24, 2.45) is 0 Å². The zero-order valence-corrected chi connectivity index (χ0v) is 26.8. The minimum Gasteiger partial charge on any atom is -0.318 e. The highest BCUT2D eigenvalue weighted by molar-refractivity contribution is 7.09. The Bertz CT molecular complexity index is 1650. The first-order valence-electron chi connectivity index (χ1n) is 15.6. The Kier molecular flexibility index (Phi) is 7.72. The van der Waals surface area contributed by atoms with Crippen LogP contribution in [-0.4, -0.2) is 56.8 Å². The fraction of sp³-hybridized carbons (Fsp3) is 0.158. The minimum atomic E-state index is -2.41. The summed E-state index contributed by atoms with van der Waals surface area (Å²) in [5.41, 5.74) is 1.04. The molecule has 1 saturated heterocycles. The Morgan fingerprint density at radius 3 is 1.34 bits per heavy atom. The Balaban J connectivity index is 1.30. The first kappa shape index (κ1) is 28.4. The molecule has 0 aliphatic carbocycles. The second-order valence-electron chi connectivity index (χ2n) is 12.0. The molecular weight excluding hydrogens is 573 g/mol. The predicted octanol–water partition coefficient (Wildman–Crippen LogP) is 4.55. The van der Waals surface area contributed by atoms with Crippen LogP contribution in [0.5, 0.6) is 0 Å². The number of carbonyl (C=O) groups is 2.